The second-order valence-electron chi connectivity index (χ2n) is 5.99. The third kappa shape index (κ3) is 5.23. The van der Waals surface area contributed by atoms with Crippen LogP contribution in [0.2, 0.25) is 0 Å². The number of nitrogens with one attached hydrogen (secondary N) is 2. The summed E-state index contributed by atoms with van der Waals surface area (Å²) in [7, 11) is -3.27. The molecule has 2 rings (SSSR count). The van der Waals surface area contributed by atoms with Crippen LogP contribution in [-0.4, -0.2) is 39.5 Å². The van der Waals surface area contributed by atoms with E-state index >= 15 is 0 Å². The first kappa shape index (κ1) is 17.2. The summed E-state index contributed by atoms with van der Waals surface area (Å²) in [6.07, 6.45) is 9.23. The smallest absolute Gasteiger partial charge is 0.235 e. The molecule has 0 radical (unpaired) electrons. The van der Waals surface area contributed by atoms with E-state index in [0.29, 0.717) is 18.0 Å². The molecule has 1 aliphatic carbocycles. The van der Waals surface area contributed by atoms with E-state index in [9.17, 15) is 8.42 Å². The van der Waals surface area contributed by atoms with Crippen molar-refractivity contribution in [1.29, 1.82) is 0 Å². The van der Waals surface area contributed by atoms with Gasteiger partial charge in [-0.1, -0.05) is 6.08 Å². The van der Waals surface area contributed by atoms with Gasteiger partial charge in [-0.2, -0.15) is 0 Å². The van der Waals surface area contributed by atoms with Crippen molar-refractivity contribution in [2.75, 3.05) is 13.1 Å². The monoisotopic (exact) mass is 326 g/mol. The average Bonchev–Trinajstić information content (AvgIpc) is 3.35. The third-order valence-electron chi connectivity index (χ3n) is 4.18. The summed E-state index contributed by atoms with van der Waals surface area (Å²) in [5.74, 6) is 0.486. The summed E-state index contributed by atoms with van der Waals surface area (Å²) >= 11 is 0. The zero-order valence-electron chi connectivity index (χ0n) is 12.9. The molecule has 0 aromatic rings. The van der Waals surface area contributed by atoms with Gasteiger partial charge in [0.15, 0.2) is 0 Å². The maximum Gasteiger partial charge on any atom is 0.235 e. The highest BCUT2D eigenvalue weighted by Crippen LogP contribution is 2.28. The first-order valence-electron chi connectivity index (χ1n) is 7.83. The fourth-order valence-corrected chi connectivity index (χ4v) is 4.03. The average molecular weight is 326 g/mol. The Bertz CT molecular complexity index is 532. The molecule has 1 saturated heterocycles. The van der Waals surface area contributed by atoms with Gasteiger partial charge in [0.2, 0.25) is 10.0 Å². The number of allylic oxidation sites excluding steroid dienone is 1. The zero-order chi connectivity index (χ0) is 16.0. The van der Waals surface area contributed by atoms with Gasteiger partial charge in [0.1, 0.15) is 0 Å². The lowest BCUT2D eigenvalue weighted by Crippen LogP contribution is -2.38. The van der Waals surface area contributed by atoms with Crippen molar-refractivity contribution in [3.63, 3.8) is 0 Å². The highest BCUT2D eigenvalue weighted by Gasteiger charge is 2.35. The van der Waals surface area contributed by atoms with Crippen LogP contribution in [0.1, 0.15) is 32.1 Å². The van der Waals surface area contributed by atoms with Gasteiger partial charge in [0.05, 0.1) is 5.25 Å². The topological polar surface area (TPSA) is 96.6 Å². The Morgan fingerprint density at radius 3 is 2.64 bits per heavy atom. The summed E-state index contributed by atoms with van der Waals surface area (Å²) < 4.78 is 26.7. The van der Waals surface area contributed by atoms with Crippen molar-refractivity contribution in [2.24, 2.45) is 16.6 Å². The van der Waals surface area contributed by atoms with E-state index in [-0.39, 0.29) is 11.3 Å². The number of nitrogens with zero attached hydrogens (tertiary/aromatic N) is 1. The molecule has 4 N–H and O–H groups in total. The number of hydrogen-bond acceptors (Lipinski definition) is 5. The molecule has 0 bridgehead atoms. The first-order chi connectivity index (χ1) is 10.5. The van der Waals surface area contributed by atoms with Crippen LogP contribution >= 0.6 is 0 Å². The lowest BCUT2D eigenvalue weighted by Gasteiger charge is -2.27. The molecule has 1 aliphatic heterocycles. The van der Waals surface area contributed by atoms with Crippen LogP contribution in [0.15, 0.2) is 29.0 Å². The summed E-state index contributed by atoms with van der Waals surface area (Å²) in [4.78, 5) is 3.64. The maximum atomic E-state index is 12.0. The SMILES string of the molecule is C=N/C=C\C(=C/CC(N)C1CCNCC1)NS(=O)(=O)C1CC1. The fourth-order valence-electron chi connectivity index (χ4n) is 2.63. The van der Waals surface area contributed by atoms with Crippen LogP contribution in [0.5, 0.6) is 0 Å². The van der Waals surface area contributed by atoms with Crippen molar-refractivity contribution in [3.8, 4) is 0 Å². The van der Waals surface area contributed by atoms with Crippen molar-refractivity contribution >= 4 is 16.7 Å². The number of nitrogens with two attached hydrogens (primary N) is 1. The Morgan fingerprint density at radius 1 is 1.36 bits per heavy atom. The summed E-state index contributed by atoms with van der Waals surface area (Å²) in [5.41, 5.74) is 6.78. The molecule has 2 aliphatic rings. The van der Waals surface area contributed by atoms with Gasteiger partial charge in [-0.15, -0.1) is 0 Å². The molecule has 0 spiro atoms. The predicted molar refractivity (Wildman–Crippen MR) is 90.0 cm³/mol. The summed E-state index contributed by atoms with van der Waals surface area (Å²) in [6.45, 7) is 5.38. The van der Waals surface area contributed by atoms with Crippen LogP contribution in [0.3, 0.4) is 0 Å². The normalized spacial score (nSPS) is 22.7. The number of sulfonamides is 1. The number of rotatable bonds is 8. The van der Waals surface area contributed by atoms with Gasteiger partial charge in [-0.05, 0) is 63.9 Å². The van der Waals surface area contributed by atoms with Crippen LogP contribution in [0, 0.1) is 5.92 Å². The number of piperidine rings is 1. The quantitative estimate of drug-likeness (QED) is 0.456. The second kappa shape index (κ2) is 7.89. The Morgan fingerprint density at radius 2 is 2.05 bits per heavy atom. The Balaban J connectivity index is 1.97. The number of aliphatic imine (C=N–C) groups is 1. The van der Waals surface area contributed by atoms with Crippen molar-refractivity contribution in [2.45, 2.75) is 43.4 Å². The van der Waals surface area contributed by atoms with E-state index in [4.69, 9.17) is 5.73 Å². The zero-order valence-corrected chi connectivity index (χ0v) is 13.7. The van der Waals surface area contributed by atoms with Gasteiger partial charge >= 0.3 is 0 Å². The van der Waals surface area contributed by atoms with Gasteiger partial charge in [0.25, 0.3) is 0 Å². The molecule has 0 amide bonds. The Kier molecular flexibility index (Phi) is 6.16. The first-order valence-corrected chi connectivity index (χ1v) is 9.38. The van der Waals surface area contributed by atoms with E-state index in [2.05, 4.69) is 21.7 Å². The fraction of sp³-hybridized carbons (Fsp3) is 0.667. The molecule has 22 heavy (non-hydrogen) atoms. The van der Waals surface area contributed by atoms with Crippen LogP contribution in [0.4, 0.5) is 0 Å². The number of hydrogen-bond donors (Lipinski definition) is 3. The Hall–Kier alpha value is -1.18. The van der Waals surface area contributed by atoms with Crippen LogP contribution < -0.4 is 15.8 Å². The van der Waals surface area contributed by atoms with Gasteiger partial charge in [0, 0.05) is 17.9 Å². The van der Waals surface area contributed by atoms with Gasteiger partial charge in [-0.3, -0.25) is 9.71 Å². The minimum absolute atomic E-state index is 0.0487. The molecule has 2 fully saturated rings. The largest absolute Gasteiger partial charge is 0.327 e. The van der Waals surface area contributed by atoms with E-state index in [1.165, 1.54) is 6.20 Å². The lowest BCUT2D eigenvalue weighted by molar-refractivity contribution is 0.318. The van der Waals surface area contributed by atoms with Gasteiger partial charge < -0.3 is 11.1 Å². The standard InChI is InChI=1S/C15H26N4O2S/c1-17-9-8-13(19-22(20,21)14-3-4-14)2-5-15(16)12-6-10-18-11-7-12/h2,8-9,12,14-15,18-19H,1,3-7,10-11,16H2/b9-8-,13-2+. The summed E-state index contributed by atoms with van der Waals surface area (Å²) in [6, 6.07) is 0.0487. The van der Waals surface area contributed by atoms with Crippen LogP contribution in [-0.2, 0) is 10.0 Å². The molecule has 0 aromatic heterocycles. The second-order valence-corrected chi connectivity index (χ2v) is 7.95. The molecular formula is C15H26N4O2S. The van der Waals surface area contributed by atoms with E-state index in [0.717, 1.165) is 38.8 Å². The molecule has 1 atom stereocenters. The van der Waals surface area contributed by atoms with E-state index in [1.807, 2.05) is 6.08 Å². The molecule has 124 valence electrons. The highest BCUT2D eigenvalue weighted by atomic mass is 32.2. The highest BCUT2D eigenvalue weighted by molar-refractivity contribution is 7.90. The van der Waals surface area contributed by atoms with E-state index in [1.54, 1.807) is 6.08 Å². The molecule has 0 aromatic carbocycles. The lowest BCUT2D eigenvalue weighted by atomic mass is 9.89. The predicted octanol–water partition coefficient (Wildman–Crippen LogP) is 0.883. The van der Waals surface area contributed by atoms with Gasteiger partial charge in [-0.25, -0.2) is 8.42 Å². The van der Waals surface area contributed by atoms with Crippen molar-refractivity contribution < 1.29 is 8.42 Å². The van der Waals surface area contributed by atoms with Crippen molar-refractivity contribution in [3.05, 3.63) is 24.0 Å². The minimum Gasteiger partial charge on any atom is -0.327 e. The van der Waals surface area contributed by atoms with Crippen LogP contribution in [0.25, 0.3) is 0 Å². The Labute approximate surface area is 133 Å². The summed E-state index contributed by atoms with van der Waals surface area (Å²) in [5, 5.41) is 3.07. The third-order valence-corrected chi connectivity index (χ3v) is 6.05. The molecule has 7 heteroatoms. The molecule has 1 unspecified atom stereocenters. The van der Waals surface area contributed by atoms with E-state index < -0.39 is 10.0 Å². The molecular weight excluding hydrogens is 300 g/mol. The van der Waals surface area contributed by atoms with Crippen molar-refractivity contribution in [1.82, 2.24) is 10.0 Å². The maximum absolute atomic E-state index is 12.0. The molecule has 1 saturated carbocycles. The molecule has 6 nitrogen and oxygen atoms in total. The minimum atomic E-state index is -3.27. The molecule has 1 heterocycles.